The number of amides is 3. The summed E-state index contributed by atoms with van der Waals surface area (Å²) in [5, 5.41) is 11.5. The number of carbonyl (C=O) groups excluding carboxylic acids is 3. The van der Waals surface area contributed by atoms with E-state index in [1.165, 1.54) is 0 Å². The fraction of sp³-hybridized carbons (Fsp3) is 0.0938. The first-order chi connectivity index (χ1) is 20.5. The molecule has 3 amide bonds. The van der Waals surface area contributed by atoms with Crippen LogP contribution in [0.5, 0.6) is 5.75 Å². The van der Waals surface area contributed by atoms with Gasteiger partial charge in [0.2, 0.25) is 11.9 Å². The molecule has 3 aromatic carbocycles. The van der Waals surface area contributed by atoms with Crippen molar-refractivity contribution in [2.24, 2.45) is 0 Å². The van der Waals surface area contributed by atoms with E-state index >= 15 is 0 Å². The van der Waals surface area contributed by atoms with E-state index in [2.05, 4.69) is 37.8 Å². The normalized spacial score (nSPS) is 13.6. The van der Waals surface area contributed by atoms with E-state index in [0.717, 1.165) is 17.4 Å². The molecule has 4 aromatic rings. The second-order valence-electron chi connectivity index (χ2n) is 9.26. The van der Waals surface area contributed by atoms with Gasteiger partial charge in [-0.3, -0.25) is 14.4 Å². The molecule has 1 aliphatic heterocycles. The highest BCUT2D eigenvalue weighted by molar-refractivity contribution is 6.06. The smallest absolute Gasteiger partial charge is 0.255 e. The van der Waals surface area contributed by atoms with Gasteiger partial charge in [0.1, 0.15) is 5.75 Å². The van der Waals surface area contributed by atoms with Crippen molar-refractivity contribution < 1.29 is 19.1 Å². The first-order valence-corrected chi connectivity index (χ1v) is 13.2. The largest absolute Gasteiger partial charge is 0.493 e. The van der Waals surface area contributed by atoms with Gasteiger partial charge >= 0.3 is 0 Å². The van der Waals surface area contributed by atoms with Crippen molar-refractivity contribution in [3.63, 3.8) is 0 Å². The Labute approximate surface area is 242 Å². The minimum atomic E-state index is -0.391. The molecule has 10 heteroatoms. The van der Waals surface area contributed by atoms with Crippen LogP contribution in [0.25, 0.3) is 11.3 Å². The van der Waals surface area contributed by atoms with Gasteiger partial charge in [-0.25, -0.2) is 9.97 Å². The lowest BCUT2D eigenvalue weighted by molar-refractivity contribution is -0.111. The summed E-state index contributed by atoms with van der Waals surface area (Å²) in [6.45, 7) is 4.24. The maximum atomic E-state index is 13.1. The van der Waals surface area contributed by atoms with Crippen molar-refractivity contribution in [2.75, 3.05) is 29.1 Å². The Morgan fingerprint density at radius 1 is 0.929 bits per heavy atom. The number of carbonyl (C=O) groups is 3. The average Bonchev–Trinajstić information content (AvgIpc) is 3.00. The number of aromatic nitrogens is 2. The number of fused-ring (bicyclic) bond motifs is 7. The molecule has 4 N–H and O–H groups in total. The average molecular weight is 561 g/mol. The molecular weight excluding hydrogens is 532 g/mol. The third-order valence-electron chi connectivity index (χ3n) is 6.19. The predicted octanol–water partition coefficient (Wildman–Crippen LogP) is 5.33. The molecule has 6 bridgehead atoms. The number of benzene rings is 3. The molecule has 0 saturated carbocycles. The molecule has 5 rings (SSSR count). The lowest BCUT2D eigenvalue weighted by Crippen LogP contribution is -2.24. The third-order valence-corrected chi connectivity index (χ3v) is 6.19. The molecule has 0 unspecified atom stereocenters. The molecule has 0 radical (unpaired) electrons. The summed E-state index contributed by atoms with van der Waals surface area (Å²) in [4.78, 5) is 46.6. The maximum Gasteiger partial charge on any atom is 0.255 e. The van der Waals surface area contributed by atoms with Crippen LogP contribution in [0.2, 0.25) is 0 Å². The van der Waals surface area contributed by atoms with Gasteiger partial charge in [-0.1, -0.05) is 30.9 Å². The van der Waals surface area contributed by atoms with Crippen LogP contribution in [-0.4, -0.2) is 40.8 Å². The number of rotatable bonds is 4. The quantitative estimate of drug-likeness (QED) is 0.196. The van der Waals surface area contributed by atoms with Crippen molar-refractivity contribution in [3.8, 4) is 17.0 Å². The second-order valence-corrected chi connectivity index (χ2v) is 9.26. The summed E-state index contributed by atoms with van der Waals surface area (Å²) < 4.78 is 5.87. The highest BCUT2D eigenvalue weighted by Gasteiger charge is 2.13. The molecule has 0 aliphatic carbocycles. The van der Waals surface area contributed by atoms with Gasteiger partial charge in [-0.2, -0.15) is 0 Å². The molecule has 210 valence electrons. The third kappa shape index (κ3) is 7.24. The molecule has 0 atom stereocenters. The minimum absolute atomic E-state index is 0.315. The summed E-state index contributed by atoms with van der Waals surface area (Å²) in [6, 6.07) is 20.8. The van der Waals surface area contributed by atoms with E-state index < -0.39 is 5.91 Å². The molecule has 2 heterocycles. The predicted molar refractivity (Wildman–Crippen MR) is 162 cm³/mol. The maximum absolute atomic E-state index is 13.1. The van der Waals surface area contributed by atoms with Crippen molar-refractivity contribution in [1.82, 2.24) is 15.3 Å². The standard InChI is InChI=1S/C32H28N6O4/c1-2-29(39)35-24-11-9-21(10-12-24)31(41)36-25-17-23-18-26(20-25)37-32-34-15-13-28(38-32)22-7-6-8-27(19-22)42-16-5-3-4-14-33-30(23)40/h2-4,6-13,15,17-20H,1,5,14,16H2,(H,33,40)(H,35,39)(H,36,41)(H,34,37,38)/b4-3+. The number of hydrogen-bond donors (Lipinski definition) is 4. The van der Waals surface area contributed by atoms with Crippen molar-refractivity contribution in [3.05, 3.63) is 115 Å². The van der Waals surface area contributed by atoms with Crippen LogP contribution in [0.15, 0.2) is 104 Å². The lowest BCUT2D eigenvalue weighted by atomic mass is 10.1. The molecular formula is C32H28N6O4. The molecule has 0 saturated heterocycles. The van der Waals surface area contributed by atoms with Gasteiger partial charge in [-0.05, 0) is 73.2 Å². The Bertz CT molecular complexity index is 1670. The Morgan fingerprint density at radius 2 is 1.79 bits per heavy atom. The van der Waals surface area contributed by atoms with E-state index in [1.807, 2.05) is 36.4 Å². The van der Waals surface area contributed by atoms with E-state index in [0.29, 0.717) is 59.4 Å². The number of ether oxygens (including phenoxy) is 1. The zero-order chi connectivity index (χ0) is 29.3. The van der Waals surface area contributed by atoms with Crippen molar-refractivity contribution in [1.29, 1.82) is 0 Å². The van der Waals surface area contributed by atoms with Gasteiger partial charge in [-0.15, -0.1) is 0 Å². The first-order valence-electron chi connectivity index (χ1n) is 13.2. The summed E-state index contributed by atoms with van der Waals surface area (Å²) in [5.74, 6) is -0.0124. The SMILES string of the molecule is C=CC(=O)Nc1ccc(C(=O)Nc2cc3cc(c2)C(=O)NC/C=C/CCOc2cccc(c2)-c2ccnc(n2)N3)cc1. The van der Waals surface area contributed by atoms with Crippen molar-refractivity contribution >= 4 is 40.7 Å². The molecule has 0 fully saturated rings. The molecule has 42 heavy (non-hydrogen) atoms. The number of nitrogens with one attached hydrogen (secondary N) is 4. The van der Waals surface area contributed by atoms with Crippen LogP contribution in [0.1, 0.15) is 27.1 Å². The Morgan fingerprint density at radius 3 is 2.62 bits per heavy atom. The number of nitrogens with zero attached hydrogens (tertiary/aromatic N) is 2. The summed E-state index contributed by atoms with van der Waals surface area (Å²) in [7, 11) is 0. The van der Waals surface area contributed by atoms with Crippen molar-refractivity contribution in [2.45, 2.75) is 6.42 Å². The Balaban J connectivity index is 1.44. The second kappa shape index (κ2) is 13.1. The van der Waals surface area contributed by atoms with Crippen LogP contribution < -0.4 is 26.0 Å². The fourth-order valence-corrected chi connectivity index (χ4v) is 4.16. The Hall–Kier alpha value is -5.77. The monoisotopic (exact) mass is 560 g/mol. The highest BCUT2D eigenvalue weighted by Crippen LogP contribution is 2.26. The van der Waals surface area contributed by atoms with E-state index in [1.54, 1.807) is 54.7 Å². The van der Waals surface area contributed by atoms with Gasteiger partial charge in [0.25, 0.3) is 11.8 Å². The molecule has 1 aliphatic rings. The van der Waals surface area contributed by atoms with Crippen LogP contribution in [0.4, 0.5) is 23.0 Å². The zero-order valence-electron chi connectivity index (χ0n) is 22.6. The van der Waals surface area contributed by atoms with E-state index in [4.69, 9.17) is 4.74 Å². The first kappa shape index (κ1) is 27.8. The minimum Gasteiger partial charge on any atom is -0.493 e. The topological polar surface area (TPSA) is 134 Å². The van der Waals surface area contributed by atoms with Gasteiger partial charge < -0.3 is 26.0 Å². The number of hydrogen-bond acceptors (Lipinski definition) is 7. The van der Waals surface area contributed by atoms with Crippen LogP contribution in [0, 0.1) is 0 Å². The fourth-order valence-electron chi connectivity index (χ4n) is 4.16. The Kier molecular flexibility index (Phi) is 8.64. The summed E-state index contributed by atoms with van der Waals surface area (Å²) in [6.07, 6.45) is 7.29. The van der Waals surface area contributed by atoms with Crippen LogP contribution in [0.3, 0.4) is 0 Å². The molecule has 10 nitrogen and oxygen atoms in total. The van der Waals surface area contributed by atoms with Crippen LogP contribution in [-0.2, 0) is 4.79 Å². The highest BCUT2D eigenvalue weighted by atomic mass is 16.5. The molecule has 1 aromatic heterocycles. The lowest BCUT2D eigenvalue weighted by Gasteiger charge is -2.13. The summed E-state index contributed by atoms with van der Waals surface area (Å²) in [5.41, 5.74) is 3.68. The van der Waals surface area contributed by atoms with Gasteiger partial charge in [0.05, 0.1) is 12.3 Å². The van der Waals surface area contributed by atoms with Crippen LogP contribution >= 0.6 is 0 Å². The van der Waals surface area contributed by atoms with E-state index in [9.17, 15) is 14.4 Å². The van der Waals surface area contributed by atoms with E-state index in [-0.39, 0.29) is 11.8 Å². The number of anilines is 4. The van der Waals surface area contributed by atoms with Gasteiger partial charge in [0.15, 0.2) is 0 Å². The summed E-state index contributed by atoms with van der Waals surface area (Å²) >= 11 is 0. The molecule has 0 spiro atoms. The van der Waals surface area contributed by atoms with Gasteiger partial charge in [0, 0.05) is 46.5 Å². The zero-order valence-corrected chi connectivity index (χ0v) is 22.6.